The predicted octanol–water partition coefficient (Wildman–Crippen LogP) is 4.97. The number of methoxy groups -OCH3 is 1. The van der Waals surface area contributed by atoms with Crippen LogP contribution >= 0.6 is 0 Å². The fourth-order valence-corrected chi connectivity index (χ4v) is 3.66. The second-order valence-electron chi connectivity index (χ2n) is 7.43. The van der Waals surface area contributed by atoms with Crippen LogP contribution in [0.5, 0.6) is 11.5 Å². The minimum atomic E-state index is -0.657. The summed E-state index contributed by atoms with van der Waals surface area (Å²) >= 11 is 0. The van der Waals surface area contributed by atoms with Crippen LogP contribution in [0.2, 0.25) is 0 Å². The average Bonchev–Trinajstić information content (AvgIpc) is 2.78. The van der Waals surface area contributed by atoms with E-state index in [2.05, 4.69) is 0 Å². The lowest BCUT2D eigenvalue weighted by Crippen LogP contribution is -2.11. The molecule has 1 unspecified atom stereocenters. The minimum Gasteiger partial charge on any atom is -0.493 e. The van der Waals surface area contributed by atoms with Crippen molar-refractivity contribution in [2.24, 2.45) is 0 Å². The van der Waals surface area contributed by atoms with Crippen LogP contribution in [0.25, 0.3) is 21.9 Å². The van der Waals surface area contributed by atoms with Crippen molar-refractivity contribution in [2.75, 3.05) is 7.11 Å². The molecule has 0 fully saturated rings. The molecule has 1 aromatic heterocycles. The van der Waals surface area contributed by atoms with E-state index in [1.807, 2.05) is 60.7 Å². The molecule has 0 saturated carbocycles. The summed E-state index contributed by atoms with van der Waals surface area (Å²) in [5.74, 6) is 1.64. The van der Waals surface area contributed by atoms with E-state index in [1.165, 1.54) is 0 Å². The Balaban J connectivity index is 1.83. The van der Waals surface area contributed by atoms with Gasteiger partial charge in [-0.15, -0.1) is 0 Å². The van der Waals surface area contributed by atoms with Gasteiger partial charge < -0.3 is 19.0 Å². The Morgan fingerprint density at radius 2 is 1.65 bits per heavy atom. The molecule has 0 amide bonds. The Morgan fingerprint density at radius 1 is 0.935 bits per heavy atom. The number of fused-ring (bicyclic) bond motifs is 1. The van der Waals surface area contributed by atoms with Crippen molar-refractivity contribution < 1.29 is 19.0 Å². The summed E-state index contributed by atoms with van der Waals surface area (Å²) in [6.45, 7) is 2.06. The first-order valence-corrected chi connectivity index (χ1v) is 10.1. The molecule has 0 spiro atoms. The van der Waals surface area contributed by atoms with Crippen molar-refractivity contribution in [2.45, 2.75) is 26.1 Å². The lowest BCUT2D eigenvalue weighted by molar-refractivity contribution is 0.186. The summed E-state index contributed by atoms with van der Waals surface area (Å²) in [5, 5.41) is 11.2. The zero-order valence-electron chi connectivity index (χ0n) is 17.5. The van der Waals surface area contributed by atoms with Crippen LogP contribution in [-0.4, -0.2) is 18.3 Å². The Hall–Kier alpha value is -3.57. The van der Waals surface area contributed by atoms with E-state index in [0.29, 0.717) is 29.3 Å². The topological polar surface area (TPSA) is 68.9 Å². The van der Waals surface area contributed by atoms with Gasteiger partial charge in [0.15, 0.2) is 11.5 Å². The third-order valence-corrected chi connectivity index (χ3v) is 5.08. The molecule has 0 radical (unpaired) electrons. The monoisotopic (exact) mass is 416 g/mol. The standard InChI is InChI=1S/C26H24O5/c1-17(27)14-24-25(20-10-6-7-11-21(20)26(28)31-24)19-12-13-22(29-2)23(15-19)30-16-18-8-4-3-5-9-18/h3-13,15,17,27H,14,16H2,1-2H3. The van der Waals surface area contributed by atoms with Gasteiger partial charge in [0.25, 0.3) is 0 Å². The van der Waals surface area contributed by atoms with Crippen LogP contribution in [0.1, 0.15) is 18.2 Å². The third-order valence-electron chi connectivity index (χ3n) is 5.08. The van der Waals surface area contributed by atoms with Crippen molar-refractivity contribution in [1.29, 1.82) is 0 Å². The summed E-state index contributed by atoms with van der Waals surface area (Å²) in [6.07, 6.45) is -0.433. The second kappa shape index (κ2) is 9.06. The average molecular weight is 416 g/mol. The van der Waals surface area contributed by atoms with Gasteiger partial charge in [0.1, 0.15) is 12.4 Å². The summed E-state index contributed by atoms with van der Waals surface area (Å²) in [4.78, 5) is 12.5. The van der Waals surface area contributed by atoms with E-state index in [-0.39, 0.29) is 6.42 Å². The molecule has 31 heavy (non-hydrogen) atoms. The van der Waals surface area contributed by atoms with Gasteiger partial charge >= 0.3 is 5.63 Å². The quantitative estimate of drug-likeness (QED) is 0.461. The highest BCUT2D eigenvalue weighted by Crippen LogP contribution is 2.37. The molecule has 4 rings (SSSR count). The van der Waals surface area contributed by atoms with Crippen molar-refractivity contribution in [3.63, 3.8) is 0 Å². The molecule has 0 aliphatic rings. The maximum atomic E-state index is 12.5. The molecule has 1 atom stereocenters. The maximum absolute atomic E-state index is 12.5. The molecule has 3 aromatic carbocycles. The van der Waals surface area contributed by atoms with Gasteiger partial charge in [0.2, 0.25) is 0 Å². The van der Waals surface area contributed by atoms with Crippen LogP contribution in [0.4, 0.5) is 0 Å². The van der Waals surface area contributed by atoms with Crippen molar-refractivity contribution in [3.05, 3.63) is 94.5 Å². The van der Waals surface area contributed by atoms with Crippen LogP contribution in [0, 0.1) is 0 Å². The number of ether oxygens (including phenoxy) is 2. The highest BCUT2D eigenvalue weighted by atomic mass is 16.5. The Bertz CT molecular complexity index is 1240. The number of hydrogen-bond acceptors (Lipinski definition) is 5. The number of aliphatic hydroxyl groups excluding tert-OH is 1. The molecular formula is C26H24O5. The smallest absolute Gasteiger partial charge is 0.343 e. The maximum Gasteiger partial charge on any atom is 0.343 e. The molecule has 1 N–H and O–H groups in total. The molecule has 0 saturated heterocycles. The molecule has 0 aliphatic heterocycles. The summed E-state index contributed by atoms with van der Waals surface area (Å²) < 4.78 is 17.2. The zero-order chi connectivity index (χ0) is 21.8. The first-order valence-electron chi connectivity index (χ1n) is 10.1. The van der Waals surface area contributed by atoms with Gasteiger partial charge in [0, 0.05) is 17.4 Å². The van der Waals surface area contributed by atoms with E-state index in [1.54, 1.807) is 26.2 Å². The SMILES string of the molecule is COc1ccc(-c2c(CC(C)O)oc(=O)c3ccccc23)cc1OCc1ccccc1. The third kappa shape index (κ3) is 4.47. The molecular weight excluding hydrogens is 392 g/mol. The van der Waals surface area contributed by atoms with E-state index in [0.717, 1.165) is 22.1 Å². The summed E-state index contributed by atoms with van der Waals surface area (Å²) in [6, 6.07) is 22.8. The Morgan fingerprint density at radius 3 is 2.35 bits per heavy atom. The Kier molecular flexibility index (Phi) is 6.05. The summed E-state index contributed by atoms with van der Waals surface area (Å²) in [5.41, 5.74) is 2.22. The lowest BCUT2D eigenvalue weighted by Gasteiger charge is -2.16. The first-order chi connectivity index (χ1) is 15.1. The van der Waals surface area contributed by atoms with E-state index >= 15 is 0 Å². The van der Waals surface area contributed by atoms with Gasteiger partial charge in [-0.05, 0) is 36.2 Å². The van der Waals surface area contributed by atoms with E-state index < -0.39 is 11.7 Å². The van der Waals surface area contributed by atoms with Gasteiger partial charge in [-0.2, -0.15) is 0 Å². The van der Waals surface area contributed by atoms with Crippen molar-refractivity contribution >= 4 is 10.8 Å². The molecule has 0 bridgehead atoms. The normalized spacial score (nSPS) is 12.0. The second-order valence-corrected chi connectivity index (χ2v) is 7.43. The van der Waals surface area contributed by atoms with Crippen molar-refractivity contribution in [3.8, 4) is 22.6 Å². The largest absolute Gasteiger partial charge is 0.493 e. The van der Waals surface area contributed by atoms with Crippen LogP contribution < -0.4 is 15.1 Å². The fourth-order valence-electron chi connectivity index (χ4n) is 3.66. The molecule has 4 aromatic rings. The van der Waals surface area contributed by atoms with Crippen LogP contribution in [0.15, 0.2) is 82.0 Å². The number of hydrogen-bond donors (Lipinski definition) is 1. The van der Waals surface area contributed by atoms with Crippen molar-refractivity contribution in [1.82, 2.24) is 0 Å². The zero-order valence-corrected chi connectivity index (χ0v) is 17.5. The summed E-state index contributed by atoms with van der Waals surface area (Å²) in [7, 11) is 1.60. The van der Waals surface area contributed by atoms with Crippen LogP contribution in [0.3, 0.4) is 0 Å². The van der Waals surface area contributed by atoms with Crippen LogP contribution in [-0.2, 0) is 13.0 Å². The Labute approximate surface area is 180 Å². The molecule has 0 aliphatic carbocycles. The van der Waals surface area contributed by atoms with Gasteiger partial charge in [-0.25, -0.2) is 4.79 Å². The fraction of sp³-hybridized carbons (Fsp3) is 0.192. The van der Waals surface area contributed by atoms with Gasteiger partial charge in [-0.3, -0.25) is 0 Å². The highest BCUT2D eigenvalue weighted by Gasteiger charge is 2.18. The predicted molar refractivity (Wildman–Crippen MR) is 121 cm³/mol. The molecule has 158 valence electrons. The highest BCUT2D eigenvalue weighted by molar-refractivity contribution is 5.97. The molecule has 5 nitrogen and oxygen atoms in total. The number of rotatable bonds is 7. The van der Waals surface area contributed by atoms with Gasteiger partial charge in [0.05, 0.1) is 18.6 Å². The number of aliphatic hydroxyl groups is 1. The molecule has 1 heterocycles. The van der Waals surface area contributed by atoms with E-state index in [4.69, 9.17) is 13.9 Å². The first kappa shape index (κ1) is 20.7. The molecule has 5 heteroatoms. The lowest BCUT2D eigenvalue weighted by atomic mass is 9.96. The van der Waals surface area contributed by atoms with Gasteiger partial charge in [-0.1, -0.05) is 54.6 Å². The van der Waals surface area contributed by atoms with E-state index in [9.17, 15) is 9.90 Å². The minimum absolute atomic E-state index is 0.224. The number of benzene rings is 3.